The van der Waals surface area contributed by atoms with Crippen molar-refractivity contribution in [2.45, 2.75) is 19.8 Å². The summed E-state index contributed by atoms with van der Waals surface area (Å²) < 4.78 is 10.6. The number of rotatable bonds is 8. The number of ether oxygens (including phenoxy) is 2. The van der Waals surface area contributed by atoms with Crippen molar-refractivity contribution in [3.8, 4) is 11.5 Å². The molecule has 0 saturated heterocycles. The highest BCUT2D eigenvalue weighted by Gasteiger charge is 2.23. The van der Waals surface area contributed by atoms with Crippen LogP contribution in [-0.2, 0) is 0 Å². The topological polar surface area (TPSA) is 38.8 Å². The van der Waals surface area contributed by atoms with Crippen molar-refractivity contribution >= 4 is 17.5 Å². The molecule has 1 aromatic rings. The molecule has 0 heterocycles. The Kier molecular flexibility index (Phi) is 7.23. The van der Waals surface area contributed by atoms with Crippen LogP contribution < -0.4 is 9.47 Å². The molecule has 0 atom stereocenters. The highest BCUT2D eigenvalue weighted by atomic mass is 35.5. The average molecular weight is 300 g/mol. The number of hydrogen-bond donors (Lipinski definition) is 0. The van der Waals surface area contributed by atoms with Gasteiger partial charge in [0.1, 0.15) is 17.1 Å². The fourth-order valence-electron chi connectivity index (χ4n) is 1.99. The van der Waals surface area contributed by atoms with Gasteiger partial charge in [0.25, 0.3) is 5.91 Å². The molecule has 1 rings (SSSR count). The third kappa shape index (κ3) is 4.04. The van der Waals surface area contributed by atoms with Crippen molar-refractivity contribution in [3.63, 3.8) is 0 Å². The van der Waals surface area contributed by atoms with Crippen LogP contribution in [0.1, 0.15) is 30.1 Å². The largest absolute Gasteiger partial charge is 0.496 e. The summed E-state index contributed by atoms with van der Waals surface area (Å²) in [6.07, 6.45) is 1.97. The number of alkyl halides is 1. The minimum atomic E-state index is -0.103. The van der Waals surface area contributed by atoms with Gasteiger partial charge in [-0.1, -0.05) is 19.4 Å². The molecule has 5 heteroatoms. The predicted octanol–water partition coefficient (Wildman–Crippen LogP) is 3.18. The van der Waals surface area contributed by atoms with Crippen molar-refractivity contribution in [1.82, 2.24) is 4.90 Å². The lowest BCUT2D eigenvalue weighted by Crippen LogP contribution is -2.34. The first-order valence-corrected chi connectivity index (χ1v) is 7.29. The molecule has 0 unspecified atom stereocenters. The number of methoxy groups -OCH3 is 2. The molecule has 0 aliphatic rings. The molecule has 0 aromatic heterocycles. The van der Waals surface area contributed by atoms with E-state index < -0.39 is 0 Å². The van der Waals surface area contributed by atoms with E-state index in [1.165, 1.54) is 0 Å². The van der Waals surface area contributed by atoms with Crippen LogP contribution >= 0.6 is 11.6 Å². The monoisotopic (exact) mass is 299 g/mol. The van der Waals surface area contributed by atoms with Gasteiger partial charge in [-0.2, -0.15) is 0 Å². The summed E-state index contributed by atoms with van der Waals surface area (Å²) in [5.41, 5.74) is 0.457. The van der Waals surface area contributed by atoms with Crippen LogP contribution in [0.3, 0.4) is 0 Å². The van der Waals surface area contributed by atoms with Gasteiger partial charge in [-0.15, -0.1) is 11.6 Å². The lowest BCUT2D eigenvalue weighted by molar-refractivity contribution is 0.0756. The molecule has 0 saturated carbocycles. The van der Waals surface area contributed by atoms with Crippen molar-refractivity contribution in [3.05, 3.63) is 23.8 Å². The van der Waals surface area contributed by atoms with Gasteiger partial charge >= 0.3 is 0 Å². The number of carbonyl (C=O) groups excluding carboxylic acids is 1. The van der Waals surface area contributed by atoms with E-state index in [1.807, 2.05) is 0 Å². The van der Waals surface area contributed by atoms with Crippen LogP contribution in [0, 0.1) is 0 Å². The Hall–Kier alpha value is -1.42. The minimum Gasteiger partial charge on any atom is -0.496 e. The SMILES string of the molecule is CCCCN(CCCl)C(=O)c1c(OC)cccc1OC. The van der Waals surface area contributed by atoms with Gasteiger partial charge in [0, 0.05) is 19.0 Å². The van der Waals surface area contributed by atoms with Crippen molar-refractivity contribution in [2.75, 3.05) is 33.2 Å². The van der Waals surface area contributed by atoms with Crippen LogP contribution in [0.25, 0.3) is 0 Å². The maximum Gasteiger partial charge on any atom is 0.261 e. The van der Waals surface area contributed by atoms with E-state index in [0.29, 0.717) is 36.0 Å². The van der Waals surface area contributed by atoms with E-state index in [-0.39, 0.29) is 5.91 Å². The second-order valence-electron chi connectivity index (χ2n) is 4.37. The van der Waals surface area contributed by atoms with Crippen LogP contribution in [0.15, 0.2) is 18.2 Å². The number of nitrogens with zero attached hydrogens (tertiary/aromatic N) is 1. The molecule has 1 amide bonds. The Morgan fingerprint density at radius 2 is 1.80 bits per heavy atom. The highest BCUT2D eigenvalue weighted by Crippen LogP contribution is 2.29. The molecule has 0 fully saturated rings. The van der Waals surface area contributed by atoms with Gasteiger partial charge in [0.15, 0.2) is 0 Å². The standard InChI is InChI=1S/C15H22ClNO3/c1-4-5-10-17(11-9-16)15(18)14-12(19-2)7-6-8-13(14)20-3/h6-8H,4-5,9-11H2,1-3H3. The number of carbonyl (C=O) groups is 1. The summed E-state index contributed by atoms with van der Waals surface area (Å²) in [5, 5.41) is 0. The fourth-order valence-corrected chi connectivity index (χ4v) is 2.19. The zero-order valence-corrected chi connectivity index (χ0v) is 13.1. The molecule has 1 aromatic carbocycles. The van der Waals surface area contributed by atoms with Crippen LogP contribution in [0.2, 0.25) is 0 Å². The first kappa shape index (κ1) is 16.6. The average Bonchev–Trinajstić information content (AvgIpc) is 2.49. The van der Waals surface area contributed by atoms with E-state index in [4.69, 9.17) is 21.1 Å². The van der Waals surface area contributed by atoms with Crippen molar-refractivity contribution < 1.29 is 14.3 Å². The van der Waals surface area contributed by atoms with Crippen LogP contribution in [0.5, 0.6) is 11.5 Å². The first-order valence-electron chi connectivity index (χ1n) is 6.75. The van der Waals surface area contributed by atoms with E-state index in [9.17, 15) is 4.79 Å². The molecule has 112 valence electrons. The number of hydrogen-bond acceptors (Lipinski definition) is 3. The molecule has 4 nitrogen and oxygen atoms in total. The molecule has 0 spiro atoms. The lowest BCUT2D eigenvalue weighted by atomic mass is 10.1. The summed E-state index contributed by atoms with van der Waals surface area (Å²) >= 11 is 5.80. The number of halogens is 1. The van der Waals surface area contributed by atoms with E-state index in [0.717, 1.165) is 12.8 Å². The fraction of sp³-hybridized carbons (Fsp3) is 0.533. The molecule has 0 radical (unpaired) electrons. The maximum atomic E-state index is 12.7. The number of unbranched alkanes of at least 4 members (excludes halogenated alkanes) is 1. The predicted molar refractivity (Wildman–Crippen MR) is 81.1 cm³/mol. The van der Waals surface area contributed by atoms with Crippen LogP contribution in [0.4, 0.5) is 0 Å². The van der Waals surface area contributed by atoms with Crippen molar-refractivity contribution in [2.24, 2.45) is 0 Å². The summed E-state index contributed by atoms with van der Waals surface area (Å²) in [5.74, 6) is 1.34. The minimum absolute atomic E-state index is 0.103. The Morgan fingerprint density at radius 3 is 2.25 bits per heavy atom. The van der Waals surface area contributed by atoms with E-state index in [1.54, 1.807) is 37.3 Å². The molecule has 0 aliphatic heterocycles. The Bertz CT molecular complexity index is 415. The van der Waals surface area contributed by atoms with Gasteiger partial charge in [-0.25, -0.2) is 0 Å². The molecule has 0 bridgehead atoms. The summed E-state index contributed by atoms with van der Waals surface area (Å²) in [7, 11) is 3.09. The Labute approximate surface area is 125 Å². The second kappa shape index (κ2) is 8.69. The molecule has 0 aliphatic carbocycles. The quantitative estimate of drug-likeness (QED) is 0.692. The normalized spacial score (nSPS) is 10.2. The number of benzene rings is 1. The highest BCUT2D eigenvalue weighted by molar-refractivity contribution is 6.18. The van der Waals surface area contributed by atoms with Gasteiger partial charge in [-0.05, 0) is 18.6 Å². The molecular weight excluding hydrogens is 278 g/mol. The number of amides is 1. The van der Waals surface area contributed by atoms with Gasteiger partial charge in [0.2, 0.25) is 0 Å². The van der Waals surface area contributed by atoms with Gasteiger partial charge in [0.05, 0.1) is 14.2 Å². The van der Waals surface area contributed by atoms with Crippen LogP contribution in [-0.4, -0.2) is 44.0 Å². The van der Waals surface area contributed by atoms with E-state index >= 15 is 0 Å². The molecular formula is C15H22ClNO3. The van der Waals surface area contributed by atoms with Gasteiger partial charge in [-0.3, -0.25) is 4.79 Å². The third-order valence-corrected chi connectivity index (χ3v) is 3.23. The maximum absolute atomic E-state index is 12.7. The smallest absolute Gasteiger partial charge is 0.261 e. The zero-order chi connectivity index (χ0) is 15.0. The Morgan fingerprint density at radius 1 is 1.20 bits per heavy atom. The summed E-state index contributed by atoms with van der Waals surface area (Å²) in [6.45, 7) is 3.29. The molecule has 0 N–H and O–H groups in total. The van der Waals surface area contributed by atoms with Crippen molar-refractivity contribution in [1.29, 1.82) is 0 Å². The second-order valence-corrected chi connectivity index (χ2v) is 4.75. The summed E-state index contributed by atoms with van der Waals surface area (Å²) in [4.78, 5) is 14.5. The van der Waals surface area contributed by atoms with E-state index in [2.05, 4.69) is 6.92 Å². The molecule has 20 heavy (non-hydrogen) atoms. The third-order valence-electron chi connectivity index (χ3n) is 3.06. The zero-order valence-electron chi connectivity index (χ0n) is 12.3. The lowest BCUT2D eigenvalue weighted by Gasteiger charge is -2.23. The van der Waals surface area contributed by atoms with Gasteiger partial charge < -0.3 is 14.4 Å². The summed E-state index contributed by atoms with van der Waals surface area (Å²) in [6, 6.07) is 5.31. The first-order chi connectivity index (χ1) is 9.69. The Balaban J connectivity index is 3.09.